The van der Waals surface area contributed by atoms with Gasteiger partial charge in [0.1, 0.15) is 12.4 Å². The molecule has 0 saturated heterocycles. The van der Waals surface area contributed by atoms with Crippen LogP contribution in [0.3, 0.4) is 0 Å². The van der Waals surface area contributed by atoms with Gasteiger partial charge in [-0.15, -0.1) is 0 Å². The zero-order valence-electron chi connectivity index (χ0n) is 6.14. The predicted octanol–water partition coefficient (Wildman–Crippen LogP) is 1.82. The molecule has 1 rings (SSSR count). The smallest absolute Gasteiger partial charge is 0.143 e. The lowest BCUT2D eigenvalue weighted by Gasteiger charge is -1.93. The summed E-state index contributed by atoms with van der Waals surface area (Å²) < 4.78 is 12.7. The second-order valence-corrected chi connectivity index (χ2v) is 2.50. The summed E-state index contributed by atoms with van der Waals surface area (Å²) in [5.41, 5.74) is 0.506. The summed E-state index contributed by atoms with van der Waals surface area (Å²) in [6.45, 7) is -0.232. The number of aliphatic hydroxyl groups is 1. The average molecular weight is 185 g/mol. The Hall–Kier alpha value is -1.04. The molecule has 0 aromatic heterocycles. The average Bonchev–Trinajstić information content (AvgIpc) is 2.07. The summed E-state index contributed by atoms with van der Waals surface area (Å²) >= 11 is 5.44. The zero-order chi connectivity index (χ0) is 8.97. The van der Waals surface area contributed by atoms with Crippen LogP contribution in [0.5, 0.6) is 0 Å². The largest absolute Gasteiger partial charge is 0.384 e. The summed E-state index contributed by atoms with van der Waals surface area (Å²) in [5, 5.41) is 8.43. The molecule has 0 spiro atoms. The van der Waals surface area contributed by atoms with Crippen LogP contribution in [0, 0.1) is 17.7 Å². The summed E-state index contributed by atoms with van der Waals surface area (Å²) in [6.07, 6.45) is 0. The topological polar surface area (TPSA) is 20.2 Å². The molecular weight excluding hydrogens is 179 g/mol. The molecule has 0 aliphatic heterocycles. The van der Waals surface area contributed by atoms with Gasteiger partial charge >= 0.3 is 0 Å². The van der Waals surface area contributed by atoms with Crippen molar-refractivity contribution in [2.75, 3.05) is 6.61 Å². The molecule has 0 saturated carbocycles. The number of hydrogen-bond donors (Lipinski definition) is 1. The molecule has 0 amide bonds. The van der Waals surface area contributed by atoms with Crippen molar-refractivity contribution in [1.29, 1.82) is 0 Å². The van der Waals surface area contributed by atoms with Crippen molar-refractivity contribution in [1.82, 2.24) is 0 Å². The zero-order valence-corrected chi connectivity index (χ0v) is 6.90. The summed E-state index contributed by atoms with van der Waals surface area (Å²) in [6, 6.07) is 4.25. The van der Waals surface area contributed by atoms with E-state index in [9.17, 15) is 4.39 Å². The maximum Gasteiger partial charge on any atom is 0.143 e. The van der Waals surface area contributed by atoms with E-state index < -0.39 is 5.82 Å². The third-order valence-electron chi connectivity index (χ3n) is 1.23. The Bertz CT molecular complexity index is 338. The maximum atomic E-state index is 12.7. The van der Waals surface area contributed by atoms with E-state index in [0.29, 0.717) is 5.56 Å². The SMILES string of the molecule is OCC#Cc1ccc(Cl)c(F)c1. The lowest BCUT2D eigenvalue weighted by atomic mass is 10.2. The molecule has 0 bridgehead atoms. The van der Waals surface area contributed by atoms with Crippen LogP contribution in [-0.2, 0) is 0 Å². The minimum atomic E-state index is -0.499. The van der Waals surface area contributed by atoms with Gasteiger partial charge in [-0.25, -0.2) is 4.39 Å². The number of rotatable bonds is 0. The highest BCUT2D eigenvalue weighted by Crippen LogP contribution is 2.14. The molecule has 0 aliphatic carbocycles. The summed E-state index contributed by atoms with van der Waals surface area (Å²) in [7, 11) is 0. The third kappa shape index (κ3) is 2.23. The van der Waals surface area contributed by atoms with Gasteiger partial charge in [-0.2, -0.15) is 0 Å². The standard InChI is InChI=1S/C9H6ClFO/c10-8-4-3-7(2-1-5-12)6-9(8)11/h3-4,6,12H,5H2. The summed E-state index contributed by atoms with van der Waals surface area (Å²) in [4.78, 5) is 0. The molecule has 3 heteroatoms. The fraction of sp³-hybridized carbons (Fsp3) is 0.111. The number of aliphatic hydroxyl groups excluding tert-OH is 1. The van der Waals surface area contributed by atoms with Crippen molar-refractivity contribution in [2.24, 2.45) is 0 Å². The van der Waals surface area contributed by atoms with E-state index >= 15 is 0 Å². The molecule has 62 valence electrons. The molecule has 1 nitrogen and oxygen atoms in total. The second-order valence-electron chi connectivity index (χ2n) is 2.09. The van der Waals surface area contributed by atoms with Crippen molar-refractivity contribution in [2.45, 2.75) is 0 Å². The van der Waals surface area contributed by atoms with Gasteiger partial charge in [0.2, 0.25) is 0 Å². The Kier molecular flexibility index (Phi) is 3.09. The van der Waals surface area contributed by atoms with E-state index in [-0.39, 0.29) is 11.6 Å². The van der Waals surface area contributed by atoms with E-state index in [2.05, 4.69) is 11.8 Å². The number of hydrogen-bond acceptors (Lipinski definition) is 1. The summed E-state index contributed by atoms with van der Waals surface area (Å²) in [5.74, 6) is 4.47. The van der Waals surface area contributed by atoms with Gasteiger partial charge in [0.25, 0.3) is 0 Å². The molecule has 1 N–H and O–H groups in total. The monoisotopic (exact) mass is 184 g/mol. The van der Waals surface area contributed by atoms with Crippen LogP contribution in [-0.4, -0.2) is 11.7 Å². The molecule has 0 radical (unpaired) electrons. The first-order valence-corrected chi connectivity index (χ1v) is 3.66. The quantitative estimate of drug-likeness (QED) is 0.610. The Morgan fingerprint density at radius 1 is 1.50 bits per heavy atom. The van der Waals surface area contributed by atoms with Crippen LogP contribution >= 0.6 is 11.6 Å². The van der Waals surface area contributed by atoms with Gasteiger partial charge in [0, 0.05) is 5.56 Å². The molecule has 12 heavy (non-hydrogen) atoms. The van der Waals surface area contributed by atoms with Crippen molar-refractivity contribution in [3.8, 4) is 11.8 Å². The van der Waals surface area contributed by atoms with Gasteiger partial charge in [-0.1, -0.05) is 23.4 Å². The molecular formula is C9H6ClFO. The van der Waals surface area contributed by atoms with Gasteiger partial charge in [-0.3, -0.25) is 0 Å². The number of halogens is 2. The fourth-order valence-corrected chi connectivity index (χ4v) is 0.833. The van der Waals surface area contributed by atoms with Crippen molar-refractivity contribution in [3.05, 3.63) is 34.6 Å². The fourth-order valence-electron chi connectivity index (χ4n) is 0.715. The molecule has 0 fully saturated rings. The molecule has 0 aliphatic rings. The maximum absolute atomic E-state index is 12.7. The highest BCUT2D eigenvalue weighted by atomic mass is 35.5. The third-order valence-corrected chi connectivity index (χ3v) is 1.54. The second kappa shape index (κ2) is 4.10. The first-order chi connectivity index (χ1) is 5.74. The normalized spacial score (nSPS) is 8.92. The van der Waals surface area contributed by atoms with Gasteiger partial charge in [-0.05, 0) is 18.2 Å². The minimum absolute atomic E-state index is 0.0737. The van der Waals surface area contributed by atoms with Crippen LogP contribution in [0.4, 0.5) is 4.39 Å². The molecule has 1 aromatic carbocycles. The highest BCUT2D eigenvalue weighted by molar-refractivity contribution is 6.30. The van der Waals surface area contributed by atoms with Crippen LogP contribution in [0.25, 0.3) is 0 Å². The lowest BCUT2D eigenvalue weighted by molar-refractivity contribution is 0.350. The van der Waals surface area contributed by atoms with Gasteiger partial charge in [0.05, 0.1) is 5.02 Å². The van der Waals surface area contributed by atoms with Crippen LogP contribution in [0.2, 0.25) is 5.02 Å². The Balaban J connectivity index is 2.97. The Morgan fingerprint density at radius 3 is 2.83 bits per heavy atom. The lowest BCUT2D eigenvalue weighted by Crippen LogP contribution is -1.80. The predicted molar refractivity (Wildman–Crippen MR) is 45.4 cm³/mol. The van der Waals surface area contributed by atoms with Crippen LogP contribution < -0.4 is 0 Å². The van der Waals surface area contributed by atoms with Crippen molar-refractivity contribution >= 4 is 11.6 Å². The first kappa shape index (κ1) is 9.05. The van der Waals surface area contributed by atoms with Crippen LogP contribution in [0.15, 0.2) is 18.2 Å². The highest BCUT2D eigenvalue weighted by Gasteiger charge is 1.97. The first-order valence-electron chi connectivity index (χ1n) is 3.29. The van der Waals surface area contributed by atoms with Gasteiger partial charge in [0.15, 0.2) is 0 Å². The van der Waals surface area contributed by atoms with Crippen molar-refractivity contribution < 1.29 is 9.50 Å². The van der Waals surface area contributed by atoms with E-state index in [1.807, 2.05) is 0 Å². The molecule has 0 unspecified atom stereocenters. The number of benzene rings is 1. The minimum Gasteiger partial charge on any atom is -0.384 e. The molecule has 0 atom stereocenters. The molecule has 0 heterocycles. The van der Waals surface area contributed by atoms with Gasteiger partial charge < -0.3 is 5.11 Å². The Morgan fingerprint density at radius 2 is 2.25 bits per heavy atom. The van der Waals surface area contributed by atoms with E-state index in [0.717, 1.165) is 0 Å². The van der Waals surface area contributed by atoms with E-state index in [1.54, 1.807) is 6.07 Å². The Labute approximate surface area is 74.8 Å². The van der Waals surface area contributed by atoms with Crippen LogP contribution in [0.1, 0.15) is 5.56 Å². The molecule has 1 aromatic rings. The van der Waals surface area contributed by atoms with Crippen molar-refractivity contribution in [3.63, 3.8) is 0 Å². The van der Waals surface area contributed by atoms with E-state index in [4.69, 9.17) is 16.7 Å². The van der Waals surface area contributed by atoms with E-state index in [1.165, 1.54) is 12.1 Å².